The summed E-state index contributed by atoms with van der Waals surface area (Å²) in [5, 5.41) is -1.15. The molecule has 0 N–H and O–H groups in total. The molecule has 0 spiro atoms. The van der Waals surface area contributed by atoms with Gasteiger partial charge in [0.05, 0.1) is 0 Å². The van der Waals surface area contributed by atoms with E-state index in [-0.39, 0.29) is 0 Å². The van der Waals surface area contributed by atoms with Crippen LogP contribution in [0.1, 0.15) is 128 Å². The zero-order valence-electron chi connectivity index (χ0n) is 19.7. The van der Waals surface area contributed by atoms with Crippen molar-refractivity contribution in [2.45, 2.75) is 150 Å². The molecule has 4 rings (SSSR count). The lowest BCUT2D eigenvalue weighted by atomic mass is 10.0. The van der Waals surface area contributed by atoms with E-state index in [1.807, 2.05) is 0 Å². The van der Waals surface area contributed by atoms with E-state index in [9.17, 15) is 0 Å². The Hall–Kier alpha value is 2.00. The minimum atomic E-state index is -1.44. The molecule has 0 saturated heterocycles. The van der Waals surface area contributed by atoms with Crippen molar-refractivity contribution in [3.8, 4) is 0 Å². The second kappa shape index (κ2) is 12.8. The first-order chi connectivity index (χ1) is 15.1. The Balaban J connectivity index is 1.66. The fraction of sp³-hybridized carbons (Fsp3) is 1.00. The molecule has 0 aromatic carbocycles. The van der Waals surface area contributed by atoms with Gasteiger partial charge in [0, 0.05) is 53.4 Å². The summed E-state index contributed by atoms with van der Waals surface area (Å²) in [7, 11) is 4.80. The number of hydrogen-bond donors (Lipinski definition) is 0. The van der Waals surface area contributed by atoms with Crippen molar-refractivity contribution in [3.05, 3.63) is 0 Å². The second-order valence-corrected chi connectivity index (χ2v) is 28.6. The monoisotopic (exact) mass is 536 g/mol. The van der Waals surface area contributed by atoms with Gasteiger partial charge in [0.2, 0.25) is 0 Å². The Kier molecular flexibility index (Phi) is 10.8. The first-order valence-corrected chi connectivity index (χ1v) is 22.7. The summed E-state index contributed by atoms with van der Waals surface area (Å²) in [4.78, 5) is 0. The van der Waals surface area contributed by atoms with Crippen molar-refractivity contribution in [2.24, 2.45) is 0 Å². The molecule has 0 nitrogen and oxygen atoms in total. The third-order valence-corrected chi connectivity index (χ3v) is 30.3. The lowest BCUT2D eigenvalue weighted by Gasteiger charge is -2.42. The minimum absolute atomic E-state index is 0.862. The Bertz CT molecular complexity index is 596. The van der Waals surface area contributed by atoms with Crippen LogP contribution in [0, 0.1) is 0 Å². The number of hydrogen-bond acceptors (Lipinski definition) is 2. The van der Waals surface area contributed by atoms with Gasteiger partial charge in [-0.05, 0) is 51.4 Å². The van der Waals surface area contributed by atoms with Crippen LogP contribution in [0.3, 0.4) is 0 Å². The van der Waals surface area contributed by atoms with Gasteiger partial charge in [0.25, 0.3) is 0 Å². The molecule has 0 heterocycles. The molecular formula is C25H46P2S4. The normalized spacial score (nSPS) is 29.7. The van der Waals surface area contributed by atoms with Gasteiger partial charge in [-0.15, -0.1) is 0 Å². The summed E-state index contributed by atoms with van der Waals surface area (Å²) in [6, 6.07) is 0. The summed E-state index contributed by atoms with van der Waals surface area (Å²) in [5.74, 6) is 1.35. The summed E-state index contributed by atoms with van der Waals surface area (Å²) in [5.41, 5.74) is 1.72. The van der Waals surface area contributed by atoms with Crippen LogP contribution in [0.25, 0.3) is 0 Å². The van der Waals surface area contributed by atoms with Crippen LogP contribution in [0.2, 0.25) is 0 Å². The lowest BCUT2D eigenvalue weighted by molar-refractivity contribution is 0.509. The predicted molar refractivity (Wildman–Crippen MR) is 156 cm³/mol. The Morgan fingerprint density at radius 2 is 0.742 bits per heavy atom. The maximum Gasteiger partial charge on any atom is 0.178 e. The molecule has 2 unspecified atom stereocenters. The summed E-state index contributed by atoms with van der Waals surface area (Å²) in [6.45, 7) is 0. The molecule has 0 amide bonds. The first kappa shape index (κ1) is 26.1. The fourth-order valence-electron chi connectivity index (χ4n) is 6.54. The van der Waals surface area contributed by atoms with Gasteiger partial charge in [0.1, 0.15) is 21.9 Å². The maximum atomic E-state index is 6.91. The van der Waals surface area contributed by atoms with Crippen LogP contribution < -0.4 is 0 Å². The molecule has 0 radical (unpaired) electrons. The van der Waals surface area contributed by atoms with Gasteiger partial charge in [-0.1, -0.05) is 51.4 Å². The maximum absolute atomic E-state index is 6.91. The van der Waals surface area contributed by atoms with Crippen molar-refractivity contribution in [1.29, 1.82) is 0 Å². The highest BCUT2D eigenvalue weighted by atomic mass is 32.9. The van der Waals surface area contributed by atoms with Crippen LogP contribution in [-0.2, 0) is 46.4 Å². The molecular weight excluding hydrogens is 490 g/mol. The topological polar surface area (TPSA) is 0 Å². The zero-order valence-corrected chi connectivity index (χ0v) is 24.7. The Labute approximate surface area is 211 Å². The van der Waals surface area contributed by atoms with Gasteiger partial charge in [-0.2, -0.15) is 0 Å². The van der Waals surface area contributed by atoms with Crippen LogP contribution in [0.5, 0.6) is 0 Å². The Morgan fingerprint density at radius 1 is 0.452 bits per heavy atom. The van der Waals surface area contributed by atoms with Gasteiger partial charge in [-0.25, -0.2) is 0 Å². The highest BCUT2D eigenvalue weighted by molar-refractivity contribution is 8.66. The van der Waals surface area contributed by atoms with E-state index >= 15 is 0 Å². The molecule has 2 atom stereocenters. The molecule has 0 aromatic heterocycles. The third-order valence-electron chi connectivity index (χ3n) is 8.42. The van der Waals surface area contributed by atoms with E-state index in [2.05, 4.69) is 21.9 Å². The molecule has 0 aromatic rings. The van der Waals surface area contributed by atoms with Crippen molar-refractivity contribution >= 4 is 56.9 Å². The second-order valence-electron chi connectivity index (χ2n) is 10.9. The van der Waals surface area contributed by atoms with Gasteiger partial charge >= 0.3 is 0 Å². The van der Waals surface area contributed by atoms with E-state index in [0.717, 1.165) is 21.8 Å². The van der Waals surface area contributed by atoms with Gasteiger partial charge in [0.15, 0.2) is 10.5 Å². The van der Waals surface area contributed by atoms with E-state index in [1.165, 1.54) is 134 Å². The quantitative estimate of drug-likeness (QED) is 0.188. The molecule has 4 aliphatic carbocycles. The van der Waals surface area contributed by atoms with Gasteiger partial charge < -0.3 is 24.5 Å². The fourth-order valence-corrected chi connectivity index (χ4v) is 36.3. The van der Waals surface area contributed by atoms with Gasteiger partial charge in [-0.3, -0.25) is 0 Å². The summed E-state index contributed by atoms with van der Waals surface area (Å²) >= 11 is 13.8. The number of rotatable bonds is 6. The molecule has 180 valence electrons. The smallest absolute Gasteiger partial charge is 0.178 e. The van der Waals surface area contributed by atoms with Crippen LogP contribution >= 0.6 is 10.5 Å². The molecule has 31 heavy (non-hydrogen) atoms. The first-order valence-electron chi connectivity index (χ1n) is 13.6. The molecule has 6 heteroatoms. The van der Waals surface area contributed by atoms with E-state index in [4.69, 9.17) is 24.5 Å². The Morgan fingerprint density at radius 3 is 1.06 bits per heavy atom. The minimum Gasteiger partial charge on any atom is -0.699 e. The largest absolute Gasteiger partial charge is 0.699 e. The highest BCUT2D eigenvalue weighted by Gasteiger charge is 2.40. The van der Waals surface area contributed by atoms with Crippen molar-refractivity contribution in [1.82, 2.24) is 0 Å². The average Bonchev–Trinajstić information content (AvgIpc) is 2.81. The van der Waals surface area contributed by atoms with E-state index < -0.39 is 10.5 Å². The van der Waals surface area contributed by atoms with Crippen LogP contribution in [-0.4, -0.2) is 27.7 Å². The van der Waals surface area contributed by atoms with Crippen molar-refractivity contribution in [2.75, 3.05) is 5.90 Å². The van der Waals surface area contributed by atoms with E-state index in [0.29, 0.717) is 0 Å². The molecule has 4 aliphatic rings. The van der Waals surface area contributed by atoms with Crippen molar-refractivity contribution < 1.29 is 0 Å². The van der Waals surface area contributed by atoms with Crippen molar-refractivity contribution in [3.63, 3.8) is 0 Å². The lowest BCUT2D eigenvalue weighted by Crippen LogP contribution is -2.22. The molecule has 0 aliphatic heterocycles. The molecule has 4 fully saturated rings. The predicted octanol–water partition coefficient (Wildman–Crippen LogP) is 9.23. The summed E-state index contributed by atoms with van der Waals surface area (Å²) in [6.07, 6.45) is 28.9. The SMILES string of the molecule is [S-]P(CP([S-])(=[S+]C1CCCCC1)C1CCCCC1)(=[S+]C1CCCCC1)C1CCCCC1. The van der Waals surface area contributed by atoms with Crippen LogP contribution in [0.15, 0.2) is 0 Å². The van der Waals surface area contributed by atoms with E-state index in [1.54, 1.807) is 0 Å². The molecule has 4 saturated carbocycles. The summed E-state index contributed by atoms with van der Waals surface area (Å²) < 4.78 is 0. The van der Waals surface area contributed by atoms with Crippen LogP contribution in [0.4, 0.5) is 0 Å². The third kappa shape index (κ3) is 7.49. The average molecular weight is 537 g/mol. The zero-order chi connectivity index (χ0) is 21.6. The highest BCUT2D eigenvalue weighted by Crippen LogP contribution is 2.70. The standard InChI is InChI=1S/C25H46P2S4/c28-26(22-13-5-1-6-14-22,30-24-17-9-3-10-18-24)21-27(29,23-15-7-2-8-16-23)31-25-19-11-4-12-20-25/h22-25H,1-21H2. The molecule has 0 bridgehead atoms.